The van der Waals surface area contributed by atoms with E-state index in [1.54, 1.807) is 19.4 Å². The Balaban J connectivity index is 1.22. The summed E-state index contributed by atoms with van der Waals surface area (Å²) in [5.41, 5.74) is 3.58. The van der Waals surface area contributed by atoms with Crippen LogP contribution in [0.3, 0.4) is 0 Å². The maximum Gasteiger partial charge on any atom is 0.225 e. The van der Waals surface area contributed by atoms with Crippen molar-refractivity contribution in [2.45, 2.75) is 37.7 Å². The van der Waals surface area contributed by atoms with Crippen molar-refractivity contribution in [3.05, 3.63) is 48.0 Å². The third kappa shape index (κ3) is 3.50. The van der Waals surface area contributed by atoms with E-state index in [1.165, 1.54) is 12.1 Å². The van der Waals surface area contributed by atoms with Gasteiger partial charge in [-0.05, 0) is 79.3 Å². The first kappa shape index (κ1) is 20.7. The predicted octanol–water partition coefficient (Wildman–Crippen LogP) is 4.10. The third-order valence-corrected chi connectivity index (χ3v) is 7.97. The second-order valence-corrected chi connectivity index (χ2v) is 9.94. The molecule has 3 atom stereocenters. The Morgan fingerprint density at radius 3 is 2.58 bits per heavy atom. The molecule has 3 fully saturated rings. The van der Waals surface area contributed by atoms with Crippen molar-refractivity contribution >= 4 is 16.9 Å². The Morgan fingerprint density at radius 2 is 1.88 bits per heavy atom. The second-order valence-electron chi connectivity index (χ2n) is 9.94. The molecule has 3 aromatic rings. The number of hydrogen-bond donors (Lipinski definition) is 2. The number of fused-ring (bicyclic) bond motifs is 2. The zero-order chi connectivity index (χ0) is 22.7. The van der Waals surface area contributed by atoms with Gasteiger partial charge in [-0.3, -0.25) is 4.79 Å². The Labute approximate surface area is 191 Å². The topological polar surface area (TPSA) is 78.5 Å². The molecule has 172 valence electrons. The number of aromatic amines is 1. The number of halogens is 1. The molecule has 1 unspecified atom stereocenters. The van der Waals surface area contributed by atoms with Gasteiger partial charge in [0.05, 0.1) is 13.2 Å². The molecular formula is C26H28FN3O3. The molecule has 2 N–H and O–H groups in total. The second kappa shape index (κ2) is 7.83. The van der Waals surface area contributed by atoms with E-state index in [1.807, 2.05) is 11.0 Å². The van der Waals surface area contributed by atoms with E-state index in [0.717, 1.165) is 48.2 Å². The summed E-state index contributed by atoms with van der Waals surface area (Å²) in [5.74, 6) is 2.02. The Kier molecular flexibility index (Phi) is 4.91. The van der Waals surface area contributed by atoms with Crippen LogP contribution in [0.4, 0.5) is 4.39 Å². The van der Waals surface area contributed by atoms with Crippen LogP contribution in [0, 0.1) is 23.6 Å². The van der Waals surface area contributed by atoms with E-state index in [-0.39, 0.29) is 23.7 Å². The zero-order valence-corrected chi connectivity index (χ0v) is 18.6. The van der Waals surface area contributed by atoms with Crippen molar-refractivity contribution in [3.8, 4) is 16.9 Å². The molecule has 3 heterocycles. The lowest BCUT2D eigenvalue weighted by atomic mass is 9.81. The standard InChI is InChI=1S/C26H28FN3O3/c1-33-24-3-2-18(27)10-21(24)20-4-5-28-25-22(20)11-23(29-25)14-6-16-12-30(13-17(16)7-14)26(32)15-8-19(31)9-15/h2-5,10-11,14-17,19,31H,6-9,12-13H2,1H3,(H,28,29)/t14?,15?,16-,17+,19?. The molecule has 1 aliphatic heterocycles. The minimum Gasteiger partial charge on any atom is -0.496 e. The van der Waals surface area contributed by atoms with Crippen LogP contribution in [-0.4, -0.2) is 52.2 Å². The average molecular weight is 450 g/mol. The minimum absolute atomic E-state index is 0.0210. The van der Waals surface area contributed by atoms with Gasteiger partial charge < -0.3 is 19.7 Å². The Morgan fingerprint density at radius 1 is 1.12 bits per heavy atom. The first-order valence-corrected chi connectivity index (χ1v) is 11.8. The molecule has 3 aliphatic rings. The number of hydrogen-bond acceptors (Lipinski definition) is 4. The SMILES string of the molecule is COc1ccc(F)cc1-c1ccnc2[nH]c(C3C[C@@H]4CN(C(=O)C5CC(O)C5)C[C@@H]4C3)cc12. The third-order valence-electron chi connectivity index (χ3n) is 7.97. The van der Waals surface area contributed by atoms with Crippen LogP contribution in [0.15, 0.2) is 36.5 Å². The molecule has 2 saturated carbocycles. The van der Waals surface area contributed by atoms with Crippen LogP contribution in [0.2, 0.25) is 0 Å². The van der Waals surface area contributed by atoms with Gasteiger partial charge in [0, 0.05) is 41.8 Å². The summed E-state index contributed by atoms with van der Waals surface area (Å²) >= 11 is 0. The fraction of sp³-hybridized carbons (Fsp3) is 0.462. The van der Waals surface area contributed by atoms with Crippen molar-refractivity contribution in [2.75, 3.05) is 20.2 Å². The fourth-order valence-electron chi connectivity index (χ4n) is 6.17. The molecule has 7 heteroatoms. The van der Waals surface area contributed by atoms with Gasteiger partial charge in [0.1, 0.15) is 17.2 Å². The quantitative estimate of drug-likeness (QED) is 0.629. The summed E-state index contributed by atoms with van der Waals surface area (Å²) < 4.78 is 19.5. The van der Waals surface area contributed by atoms with Crippen molar-refractivity contribution in [3.63, 3.8) is 0 Å². The Bertz CT molecular complexity index is 1200. The summed E-state index contributed by atoms with van der Waals surface area (Å²) in [7, 11) is 1.59. The van der Waals surface area contributed by atoms with Crippen LogP contribution in [0.1, 0.15) is 37.3 Å². The molecule has 33 heavy (non-hydrogen) atoms. The van der Waals surface area contributed by atoms with Crippen molar-refractivity contribution in [2.24, 2.45) is 17.8 Å². The number of nitrogens with zero attached hydrogens (tertiary/aromatic N) is 2. The highest BCUT2D eigenvalue weighted by molar-refractivity contribution is 5.95. The van der Waals surface area contributed by atoms with Gasteiger partial charge in [-0.25, -0.2) is 9.37 Å². The lowest BCUT2D eigenvalue weighted by Gasteiger charge is -2.33. The fourth-order valence-corrected chi connectivity index (χ4v) is 6.17. The summed E-state index contributed by atoms with van der Waals surface area (Å²) in [5, 5.41) is 10.5. The van der Waals surface area contributed by atoms with Gasteiger partial charge in [-0.15, -0.1) is 0 Å². The average Bonchev–Trinajstić information content (AvgIpc) is 3.48. The number of methoxy groups -OCH3 is 1. The number of pyridine rings is 1. The van der Waals surface area contributed by atoms with Gasteiger partial charge in [0.25, 0.3) is 0 Å². The molecule has 1 amide bonds. The van der Waals surface area contributed by atoms with Crippen LogP contribution in [0.25, 0.3) is 22.2 Å². The monoisotopic (exact) mass is 449 g/mol. The number of aliphatic hydroxyl groups is 1. The number of ether oxygens (including phenoxy) is 1. The van der Waals surface area contributed by atoms with Gasteiger partial charge >= 0.3 is 0 Å². The van der Waals surface area contributed by atoms with E-state index < -0.39 is 0 Å². The maximum atomic E-state index is 14.0. The van der Waals surface area contributed by atoms with E-state index in [2.05, 4.69) is 16.0 Å². The largest absolute Gasteiger partial charge is 0.496 e. The predicted molar refractivity (Wildman–Crippen MR) is 122 cm³/mol. The number of aliphatic hydroxyl groups excluding tert-OH is 1. The minimum atomic E-state index is -0.300. The van der Waals surface area contributed by atoms with E-state index in [4.69, 9.17) is 4.74 Å². The molecule has 0 radical (unpaired) electrons. The normalized spacial score (nSPS) is 28.7. The summed E-state index contributed by atoms with van der Waals surface area (Å²) in [6.45, 7) is 1.66. The van der Waals surface area contributed by atoms with Crippen molar-refractivity contribution in [1.82, 2.24) is 14.9 Å². The number of nitrogens with one attached hydrogen (secondary N) is 1. The number of likely N-dealkylation sites (tertiary alicyclic amines) is 1. The van der Waals surface area contributed by atoms with Crippen molar-refractivity contribution in [1.29, 1.82) is 0 Å². The maximum absolute atomic E-state index is 14.0. The summed E-state index contributed by atoms with van der Waals surface area (Å²) in [6, 6.07) is 8.63. The summed E-state index contributed by atoms with van der Waals surface area (Å²) in [4.78, 5) is 22.7. The van der Waals surface area contributed by atoms with E-state index in [9.17, 15) is 14.3 Å². The number of amides is 1. The first-order chi connectivity index (χ1) is 16.0. The molecule has 1 saturated heterocycles. The molecular weight excluding hydrogens is 421 g/mol. The van der Waals surface area contributed by atoms with Gasteiger partial charge in [-0.2, -0.15) is 0 Å². The van der Waals surface area contributed by atoms with Gasteiger partial charge in [0.15, 0.2) is 0 Å². The highest BCUT2D eigenvalue weighted by Crippen LogP contribution is 2.47. The molecule has 0 bridgehead atoms. The first-order valence-electron chi connectivity index (χ1n) is 11.8. The Hall–Kier alpha value is -2.93. The number of carbonyl (C=O) groups excluding carboxylic acids is 1. The molecule has 0 spiro atoms. The number of H-pyrrole nitrogens is 1. The lowest BCUT2D eigenvalue weighted by molar-refractivity contribution is -0.141. The van der Waals surface area contributed by atoms with Crippen LogP contribution in [-0.2, 0) is 4.79 Å². The van der Waals surface area contributed by atoms with E-state index in [0.29, 0.717) is 41.9 Å². The molecule has 6 nitrogen and oxygen atoms in total. The van der Waals surface area contributed by atoms with Gasteiger partial charge in [0.2, 0.25) is 5.91 Å². The van der Waals surface area contributed by atoms with E-state index >= 15 is 0 Å². The molecule has 6 rings (SSSR count). The molecule has 2 aromatic heterocycles. The number of carbonyl (C=O) groups is 1. The van der Waals surface area contributed by atoms with Crippen LogP contribution in [0.5, 0.6) is 5.75 Å². The highest BCUT2D eigenvalue weighted by Gasteiger charge is 2.45. The molecule has 1 aromatic carbocycles. The smallest absolute Gasteiger partial charge is 0.225 e. The van der Waals surface area contributed by atoms with Crippen molar-refractivity contribution < 1.29 is 19.0 Å². The number of benzene rings is 1. The summed E-state index contributed by atoms with van der Waals surface area (Å²) in [6.07, 6.45) is 4.78. The van der Waals surface area contributed by atoms with Gasteiger partial charge in [-0.1, -0.05) is 0 Å². The molecule has 2 aliphatic carbocycles. The van der Waals surface area contributed by atoms with Crippen LogP contribution < -0.4 is 4.74 Å². The lowest BCUT2D eigenvalue weighted by Crippen LogP contribution is -2.43. The number of aromatic nitrogens is 2. The zero-order valence-electron chi connectivity index (χ0n) is 18.6. The highest BCUT2D eigenvalue weighted by atomic mass is 19.1. The van der Waals surface area contributed by atoms with Crippen LogP contribution >= 0.6 is 0 Å². The number of rotatable bonds is 4.